The van der Waals surface area contributed by atoms with E-state index in [4.69, 9.17) is 23.9 Å². The molecule has 0 aliphatic carbocycles. The maximum Gasteiger partial charge on any atom is 0.330 e. The van der Waals surface area contributed by atoms with Crippen LogP contribution < -0.4 is 11.2 Å². The maximum absolute atomic E-state index is 12.1. The summed E-state index contributed by atoms with van der Waals surface area (Å²) < 4.78 is 25.1. The van der Waals surface area contributed by atoms with Crippen LogP contribution in [0.5, 0.6) is 0 Å². The van der Waals surface area contributed by atoms with Gasteiger partial charge in [-0.15, -0.1) is 0 Å². The Bertz CT molecular complexity index is 931. The van der Waals surface area contributed by atoms with Gasteiger partial charge >= 0.3 is 5.69 Å². The van der Waals surface area contributed by atoms with Gasteiger partial charge in [0.1, 0.15) is 6.61 Å². The van der Waals surface area contributed by atoms with Crippen molar-refractivity contribution >= 4 is 31.5 Å². The molecule has 12 nitrogen and oxygen atoms in total. The first kappa shape index (κ1) is 35.1. The molecule has 0 spiro atoms. The molecule has 1 saturated heterocycles. The van der Waals surface area contributed by atoms with E-state index in [-0.39, 0.29) is 18.3 Å². The number of hydrogen-bond acceptors (Lipinski definition) is 10. The number of rotatable bonds is 14. The minimum Gasteiger partial charge on any atom is -0.349 e. The van der Waals surface area contributed by atoms with Gasteiger partial charge in [0.15, 0.2) is 29.2 Å². The van der Waals surface area contributed by atoms with E-state index in [1.807, 2.05) is 0 Å². The molecule has 1 fully saturated rings. The first-order valence-electron chi connectivity index (χ1n) is 12.8. The number of nitriles is 1. The average Bonchev–Trinajstić information content (AvgIpc) is 2.87. The highest BCUT2D eigenvalue weighted by Crippen LogP contribution is 2.44. The van der Waals surface area contributed by atoms with Gasteiger partial charge in [-0.1, -0.05) is 13.3 Å². The van der Waals surface area contributed by atoms with E-state index >= 15 is 0 Å². The summed E-state index contributed by atoms with van der Waals surface area (Å²) >= 11 is 1.66. The number of aryl methyl sites for hydroxylation is 1. The van der Waals surface area contributed by atoms with E-state index in [0.29, 0.717) is 43.8 Å². The second-order valence-electron chi connectivity index (χ2n) is 9.38. The number of ether oxygens (including phenoxy) is 1. The first-order chi connectivity index (χ1) is 18.1. The third-order valence-corrected chi connectivity index (χ3v) is 7.90. The third-order valence-electron chi connectivity index (χ3n) is 5.63. The van der Waals surface area contributed by atoms with E-state index in [1.54, 1.807) is 43.2 Å². The van der Waals surface area contributed by atoms with E-state index in [1.165, 1.54) is 4.57 Å². The summed E-state index contributed by atoms with van der Waals surface area (Å²) in [6, 6.07) is 2.80. The van der Waals surface area contributed by atoms with Crippen molar-refractivity contribution in [3.8, 4) is 6.07 Å². The summed E-state index contributed by atoms with van der Waals surface area (Å²) in [5.41, 5.74) is -0.363. The number of hydrogen-bond donors (Lipinski definition) is 1. The zero-order valence-electron chi connectivity index (χ0n) is 23.5. The molecule has 38 heavy (non-hydrogen) atoms. The predicted octanol–water partition coefficient (Wildman–Crippen LogP) is 4.05. The lowest BCUT2D eigenvalue weighted by atomic mass is 10.2. The molecule has 1 aromatic rings. The van der Waals surface area contributed by atoms with Gasteiger partial charge in [0.05, 0.1) is 25.2 Å². The zero-order chi connectivity index (χ0) is 28.7. The van der Waals surface area contributed by atoms with Crippen molar-refractivity contribution < 1.29 is 21.9 Å². The second-order valence-corrected chi connectivity index (χ2v) is 11.3. The number of halogens is 1. The van der Waals surface area contributed by atoms with Crippen LogP contribution in [0.15, 0.2) is 15.8 Å². The van der Waals surface area contributed by atoms with Gasteiger partial charge in [0, 0.05) is 44.0 Å². The fraction of sp³-hybridized carbons (Fsp3) is 0.792. The van der Waals surface area contributed by atoms with Crippen molar-refractivity contribution in [1.29, 1.82) is 5.26 Å². The van der Waals surface area contributed by atoms with Gasteiger partial charge in [0.2, 0.25) is 0 Å². The van der Waals surface area contributed by atoms with Gasteiger partial charge in [-0.2, -0.15) is 8.48 Å². The van der Waals surface area contributed by atoms with Crippen molar-refractivity contribution in [2.24, 2.45) is 0 Å². The molecule has 1 aromatic heterocycles. The average molecular weight is 672 g/mol. The number of H-pyrrole nitrogens is 1. The van der Waals surface area contributed by atoms with Crippen LogP contribution in [0.2, 0.25) is 0 Å². The monoisotopic (exact) mass is 671 g/mol. The maximum atomic E-state index is 12.1. The zero-order valence-corrected chi connectivity index (χ0v) is 26.6. The molecule has 1 N–H and O–H groups in total. The van der Waals surface area contributed by atoms with E-state index in [9.17, 15) is 9.59 Å². The van der Waals surface area contributed by atoms with Crippen LogP contribution in [-0.4, -0.2) is 77.3 Å². The molecule has 1 aliphatic rings. The van der Waals surface area contributed by atoms with Crippen molar-refractivity contribution in [3.05, 3.63) is 32.6 Å². The van der Waals surface area contributed by atoms with Crippen LogP contribution in [0, 0.1) is 18.3 Å². The third kappa shape index (κ3) is 12.1. The Morgan fingerprint density at radius 1 is 1.29 bits per heavy atom. The van der Waals surface area contributed by atoms with Crippen LogP contribution in [0.1, 0.15) is 65.7 Å². The highest BCUT2D eigenvalue weighted by Gasteiger charge is 2.30. The molecular formula is C24H43IN5O7P. The molecule has 2 heterocycles. The molecule has 0 saturated carbocycles. The second kappa shape index (κ2) is 19.2. The predicted molar refractivity (Wildman–Crippen MR) is 155 cm³/mol. The quantitative estimate of drug-likeness (QED) is 0.102. The first-order valence-corrected chi connectivity index (χ1v) is 14.8. The lowest BCUT2D eigenvalue weighted by Gasteiger charge is -2.38. The Balaban J connectivity index is 0.000000420. The fourth-order valence-electron chi connectivity index (χ4n) is 3.96. The van der Waals surface area contributed by atoms with Crippen LogP contribution >= 0.6 is 31.5 Å². The Morgan fingerprint density at radius 3 is 2.53 bits per heavy atom. The normalized spacial score (nSPS) is 18.9. The number of morpholine rings is 1. The van der Waals surface area contributed by atoms with E-state index in [2.05, 4.69) is 58.5 Å². The van der Waals surface area contributed by atoms with E-state index in [0.717, 1.165) is 19.4 Å². The summed E-state index contributed by atoms with van der Waals surface area (Å²) in [6.45, 7) is 15.2. The smallest absolute Gasteiger partial charge is 0.330 e. The van der Waals surface area contributed by atoms with Crippen LogP contribution in [0.3, 0.4) is 0 Å². The molecule has 1 aliphatic heterocycles. The molecule has 3 atom stereocenters. The molecule has 0 radical (unpaired) electrons. The van der Waals surface area contributed by atoms with Crippen molar-refractivity contribution in [1.82, 2.24) is 19.1 Å². The van der Waals surface area contributed by atoms with Crippen molar-refractivity contribution in [2.45, 2.75) is 85.2 Å². The van der Waals surface area contributed by atoms with Gasteiger partial charge in [-0.25, -0.2) is 14.4 Å². The molecule has 218 valence electrons. The molecular weight excluding hydrogens is 628 g/mol. The lowest BCUT2D eigenvalue weighted by Crippen LogP contribution is -2.50. The van der Waals surface area contributed by atoms with Gasteiger partial charge in [0.25, 0.3) is 14.1 Å². The number of aromatic nitrogens is 2. The summed E-state index contributed by atoms with van der Waals surface area (Å²) in [7, 11) is 0.618. The number of nitrogens with one attached hydrogen (secondary N) is 1. The lowest BCUT2D eigenvalue weighted by molar-refractivity contribution is -0.221. The van der Waals surface area contributed by atoms with E-state index < -0.39 is 20.4 Å². The van der Waals surface area contributed by atoms with Crippen LogP contribution in [0.25, 0.3) is 0 Å². The van der Waals surface area contributed by atoms with Gasteiger partial charge in [-0.05, 0) is 47.6 Å². The van der Waals surface area contributed by atoms with Crippen LogP contribution in [0.4, 0.5) is 0 Å². The minimum absolute atomic E-state index is 0.209. The highest BCUT2D eigenvalue weighted by atomic mass is 127. The Kier molecular flexibility index (Phi) is 17.7. The summed E-state index contributed by atoms with van der Waals surface area (Å²) in [4.78, 5) is 33.1. The molecule has 0 aromatic carbocycles. The number of nitrogens with zero attached hydrogens (tertiary/aromatic N) is 4. The molecule has 2 rings (SSSR count). The fourth-order valence-corrected chi connectivity index (χ4v) is 5.54. The molecule has 3 unspecified atom stereocenters. The Hall–Kier alpha value is -0.950. The number of aromatic amines is 1. The summed E-state index contributed by atoms with van der Waals surface area (Å²) in [5, 5.41) is 8.43. The molecule has 0 amide bonds. The summed E-state index contributed by atoms with van der Waals surface area (Å²) in [6.07, 6.45) is 3.44. The van der Waals surface area contributed by atoms with Crippen molar-refractivity contribution in [2.75, 3.05) is 40.0 Å². The minimum atomic E-state index is -1.03. The molecule has 0 bridgehead atoms. The largest absolute Gasteiger partial charge is 0.349 e. The Labute approximate surface area is 241 Å². The summed E-state index contributed by atoms with van der Waals surface area (Å²) in [5.74, 6) is 0. The number of unbranched alkanes of at least 4 members (excludes halogenated alkanes) is 1. The van der Waals surface area contributed by atoms with Crippen molar-refractivity contribution in [3.63, 3.8) is 0 Å². The van der Waals surface area contributed by atoms with Gasteiger partial charge < -0.3 is 13.8 Å². The SMILES string of the molecule is CCCCN1CC(COOI)OC(n2cc(C)c(=O)[nH]c2=O)C1.COP(OCCC#N)N(C(C)C)C(C)C. The standard InChI is InChI=1S/C14H22IN3O5.C10H21N2O2P/c1-3-4-5-17-7-11(9-21-23-15)22-12(8-17)18-6-10(2)13(19)16-14(18)20;1-9(2)12(10(3)4)15(13-5)14-8-6-7-11/h6,11-12H,3-5,7-9H2,1-2H3,(H,16,19,20);9-10H,6,8H2,1-5H3. The Morgan fingerprint density at radius 2 is 1.97 bits per heavy atom. The molecule has 14 heteroatoms. The topological polar surface area (TPSA) is 131 Å². The highest BCUT2D eigenvalue weighted by molar-refractivity contribution is 14.1. The van der Waals surface area contributed by atoms with Crippen LogP contribution in [-0.2, 0) is 21.9 Å². The van der Waals surface area contributed by atoms with Gasteiger partial charge in [-0.3, -0.25) is 19.2 Å².